The van der Waals surface area contributed by atoms with E-state index in [1.807, 2.05) is 0 Å². The van der Waals surface area contributed by atoms with E-state index >= 15 is 0 Å². The van der Waals surface area contributed by atoms with Crippen molar-refractivity contribution < 1.29 is 19.1 Å². The third kappa shape index (κ3) is 4.05. The molecule has 1 saturated carbocycles. The van der Waals surface area contributed by atoms with Gasteiger partial charge in [-0.3, -0.25) is 0 Å². The van der Waals surface area contributed by atoms with Gasteiger partial charge in [0, 0.05) is 6.10 Å². The number of aliphatic hydroxyl groups is 1. The molecular formula is C15H30O4Si. The van der Waals surface area contributed by atoms with E-state index in [1.165, 1.54) is 0 Å². The SMILES string of the molecule is CCOC(=O)C1(O)CCC(O[Si](C)(C)C(C)(C)C)CC1. The molecule has 0 atom stereocenters. The summed E-state index contributed by atoms with van der Waals surface area (Å²) in [7, 11) is -1.78. The van der Waals surface area contributed by atoms with Gasteiger partial charge in [0.05, 0.1) is 6.61 Å². The molecule has 118 valence electrons. The van der Waals surface area contributed by atoms with Gasteiger partial charge < -0.3 is 14.3 Å². The lowest BCUT2D eigenvalue weighted by molar-refractivity contribution is -0.170. The second-order valence-electron chi connectivity index (χ2n) is 7.33. The van der Waals surface area contributed by atoms with Crippen LogP contribution < -0.4 is 0 Å². The third-order valence-corrected chi connectivity index (χ3v) is 9.22. The Morgan fingerprint density at radius 1 is 1.30 bits per heavy atom. The van der Waals surface area contributed by atoms with Crippen molar-refractivity contribution in [1.29, 1.82) is 0 Å². The molecule has 0 bridgehead atoms. The Morgan fingerprint density at radius 2 is 1.80 bits per heavy atom. The summed E-state index contributed by atoms with van der Waals surface area (Å²) in [6.45, 7) is 13.2. The Bertz CT molecular complexity index is 338. The van der Waals surface area contributed by atoms with Crippen LogP contribution in [0.2, 0.25) is 18.1 Å². The van der Waals surface area contributed by atoms with Crippen molar-refractivity contribution in [2.24, 2.45) is 0 Å². The zero-order valence-corrected chi connectivity index (χ0v) is 14.8. The molecule has 1 aliphatic rings. The normalized spacial score (nSPS) is 28.2. The van der Waals surface area contributed by atoms with Gasteiger partial charge in [-0.05, 0) is 50.7 Å². The van der Waals surface area contributed by atoms with Crippen LogP contribution in [0.4, 0.5) is 0 Å². The fourth-order valence-electron chi connectivity index (χ4n) is 2.25. The largest absolute Gasteiger partial charge is 0.464 e. The second kappa shape index (κ2) is 6.16. The average Bonchev–Trinajstić information content (AvgIpc) is 2.31. The van der Waals surface area contributed by atoms with Crippen molar-refractivity contribution in [1.82, 2.24) is 0 Å². The van der Waals surface area contributed by atoms with Gasteiger partial charge in [-0.2, -0.15) is 0 Å². The Kier molecular flexibility index (Phi) is 5.44. The van der Waals surface area contributed by atoms with Crippen LogP contribution in [0.3, 0.4) is 0 Å². The van der Waals surface area contributed by atoms with Crippen LogP contribution in [0.15, 0.2) is 0 Å². The van der Waals surface area contributed by atoms with E-state index in [4.69, 9.17) is 9.16 Å². The summed E-state index contributed by atoms with van der Waals surface area (Å²) in [5.41, 5.74) is -1.30. The highest BCUT2D eigenvalue weighted by atomic mass is 28.4. The summed E-state index contributed by atoms with van der Waals surface area (Å²) in [5.74, 6) is -0.481. The fraction of sp³-hybridized carbons (Fsp3) is 0.933. The lowest BCUT2D eigenvalue weighted by Crippen LogP contribution is -2.49. The predicted octanol–water partition coefficient (Wildman–Crippen LogP) is 3.25. The first-order chi connectivity index (χ1) is 9.02. The molecule has 0 heterocycles. The summed E-state index contributed by atoms with van der Waals surface area (Å²) in [6, 6.07) is 0. The Balaban J connectivity index is 2.57. The van der Waals surface area contributed by atoms with Gasteiger partial charge in [-0.1, -0.05) is 20.8 Å². The molecule has 1 rings (SSSR count). The number of esters is 1. The van der Waals surface area contributed by atoms with Gasteiger partial charge in [0.25, 0.3) is 0 Å². The van der Waals surface area contributed by atoms with Gasteiger partial charge >= 0.3 is 5.97 Å². The number of hydrogen-bond donors (Lipinski definition) is 1. The lowest BCUT2D eigenvalue weighted by Gasteiger charge is -2.42. The molecule has 1 fully saturated rings. The van der Waals surface area contributed by atoms with Crippen LogP contribution in [-0.4, -0.2) is 37.7 Å². The van der Waals surface area contributed by atoms with E-state index < -0.39 is 19.9 Å². The first-order valence-electron chi connectivity index (χ1n) is 7.59. The van der Waals surface area contributed by atoms with Crippen LogP contribution >= 0.6 is 0 Å². The van der Waals surface area contributed by atoms with Crippen LogP contribution in [0.1, 0.15) is 53.4 Å². The number of rotatable bonds is 4. The molecule has 5 heteroatoms. The molecule has 1 N–H and O–H groups in total. The zero-order valence-electron chi connectivity index (χ0n) is 13.8. The Morgan fingerprint density at radius 3 is 2.20 bits per heavy atom. The van der Waals surface area contributed by atoms with Crippen molar-refractivity contribution in [3.8, 4) is 0 Å². The van der Waals surface area contributed by atoms with Crippen molar-refractivity contribution in [2.45, 2.75) is 83.2 Å². The highest BCUT2D eigenvalue weighted by Gasteiger charge is 2.44. The van der Waals surface area contributed by atoms with E-state index in [0.29, 0.717) is 19.4 Å². The van der Waals surface area contributed by atoms with E-state index in [9.17, 15) is 9.90 Å². The molecular weight excluding hydrogens is 272 g/mol. The lowest BCUT2D eigenvalue weighted by atomic mass is 9.83. The monoisotopic (exact) mass is 302 g/mol. The van der Waals surface area contributed by atoms with Gasteiger partial charge in [-0.15, -0.1) is 0 Å². The standard InChI is InChI=1S/C15H30O4Si/c1-7-18-13(16)15(17)10-8-12(9-11-15)19-20(5,6)14(2,3)4/h12,17H,7-11H2,1-6H3. The molecule has 0 radical (unpaired) electrons. The van der Waals surface area contributed by atoms with Crippen LogP contribution in [0.5, 0.6) is 0 Å². The summed E-state index contributed by atoms with van der Waals surface area (Å²) in [5, 5.41) is 10.5. The highest BCUT2D eigenvalue weighted by molar-refractivity contribution is 6.74. The molecule has 0 aromatic heterocycles. The first-order valence-corrected chi connectivity index (χ1v) is 10.5. The van der Waals surface area contributed by atoms with Crippen LogP contribution in [-0.2, 0) is 14.0 Å². The Hall–Kier alpha value is -0.393. The number of carbonyl (C=O) groups excluding carboxylic acids is 1. The molecule has 0 amide bonds. The second-order valence-corrected chi connectivity index (χ2v) is 12.1. The van der Waals surface area contributed by atoms with Gasteiger partial charge in [0.2, 0.25) is 0 Å². The molecule has 0 saturated heterocycles. The topological polar surface area (TPSA) is 55.8 Å². The molecule has 0 aromatic rings. The fourth-order valence-corrected chi connectivity index (χ4v) is 3.67. The van der Waals surface area contributed by atoms with Gasteiger partial charge in [0.1, 0.15) is 0 Å². The molecule has 20 heavy (non-hydrogen) atoms. The number of ether oxygens (including phenoxy) is 1. The summed E-state index contributed by atoms with van der Waals surface area (Å²) in [4.78, 5) is 11.8. The quantitative estimate of drug-likeness (QED) is 0.640. The zero-order chi connectivity index (χ0) is 15.6. The van der Waals surface area contributed by atoms with Crippen LogP contribution in [0, 0.1) is 0 Å². The molecule has 0 unspecified atom stereocenters. The maximum Gasteiger partial charge on any atom is 0.338 e. The molecule has 0 aromatic carbocycles. The minimum atomic E-state index is -1.78. The van der Waals surface area contributed by atoms with E-state index in [1.54, 1.807) is 6.92 Å². The van der Waals surface area contributed by atoms with Crippen LogP contribution in [0.25, 0.3) is 0 Å². The minimum Gasteiger partial charge on any atom is -0.464 e. The van der Waals surface area contributed by atoms with Crippen molar-refractivity contribution in [2.75, 3.05) is 6.61 Å². The maximum absolute atomic E-state index is 11.8. The molecule has 4 nitrogen and oxygen atoms in total. The predicted molar refractivity (Wildman–Crippen MR) is 82.1 cm³/mol. The van der Waals surface area contributed by atoms with Gasteiger partial charge in [0.15, 0.2) is 13.9 Å². The average molecular weight is 302 g/mol. The first kappa shape index (κ1) is 17.7. The summed E-state index contributed by atoms with van der Waals surface area (Å²) >= 11 is 0. The van der Waals surface area contributed by atoms with Crippen molar-refractivity contribution in [3.05, 3.63) is 0 Å². The van der Waals surface area contributed by atoms with E-state index in [2.05, 4.69) is 33.9 Å². The number of hydrogen-bond acceptors (Lipinski definition) is 4. The third-order valence-electron chi connectivity index (χ3n) is 4.68. The van der Waals surface area contributed by atoms with Crippen molar-refractivity contribution >= 4 is 14.3 Å². The molecule has 0 spiro atoms. The molecule has 1 aliphatic carbocycles. The highest BCUT2D eigenvalue weighted by Crippen LogP contribution is 2.40. The summed E-state index contributed by atoms with van der Waals surface area (Å²) in [6.07, 6.45) is 2.48. The van der Waals surface area contributed by atoms with Gasteiger partial charge in [-0.25, -0.2) is 4.79 Å². The van der Waals surface area contributed by atoms with E-state index in [-0.39, 0.29) is 11.1 Å². The van der Waals surface area contributed by atoms with E-state index in [0.717, 1.165) is 12.8 Å². The maximum atomic E-state index is 11.8. The smallest absolute Gasteiger partial charge is 0.338 e. The molecule has 0 aliphatic heterocycles. The summed E-state index contributed by atoms with van der Waals surface area (Å²) < 4.78 is 11.3. The number of carbonyl (C=O) groups is 1. The minimum absolute atomic E-state index is 0.158. The Labute approximate surface area is 124 Å². The van der Waals surface area contributed by atoms with Crippen molar-refractivity contribution in [3.63, 3.8) is 0 Å².